The fourth-order valence-corrected chi connectivity index (χ4v) is 2.90. The Hall–Kier alpha value is -0.340. The van der Waals surface area contributed by atoms with Crippen molar-refractivity contribution in [1.82, 2.24) is 5.43 Å². The molecule has 0 aliphatic heterocycles. The molecule has 1 saturated carbocycles. The Kier molecular flexibility index (Phi) is 6.74. The molecule has 0 aromatic carbocycles. The van der Waals surface area contributed by atoms with Gasteiger partial charge in [-0.25, -0.2) is 0 Å². The number of rotatable bonds is 8. The maximum absolute atomic E-state index is 5.67. The van der Waals surface area contributed by atoms with Crippen LogP contribution in [0.3, 0.4) is 0 Å². The SMILES string of the molecule is C=CCCCCCC(NN)C1CCC(C)C1. The van der Waals surface area contributed by atoms with Gasteiger partial charge in [-0.15, -0.1) is 6.58 Å². The Balaban J connectivity index is 2.14. The van der Waals surface area contributed by atoms with Crippen LogP contribution in [0, 0.1) is 11.8 Å². The van der Waals surface area contributed by atoms with Gasteiger partial charge in [-0.2, -0.15) is 0 Å². The predicted molar refractivity (Wildman–Crippen MR) is 70.9 cm³/mol. The summed E-state index contributed by atoms with van der Waals surface area (Å²) in [5.74, 6) is 7.40. The van der Waals surface area contributed by atoms with Crippen LogP contribution >= 0.6 is 0 Å². The summed E-state index contributed by atoms with van der Waals surface area (Å²) >= 11 is 0. The van der Waals surface area contributed by atoms with Crippen molar-refractivity contribution < 1.29 is 0 Å². The summed E-state index contributed by atoms with van der Waals surface area (Å²) in [6, 6.07) is 0.550. The number of unbranched alkanes of at least 4 members (excludes halogenated alkanes) is 3. The van der Waals surface area contributed by atoms with Crippen molar-refractivity contribution in [1.29, 1.82) is 0 Å². The molecule has 3 N–H and O–H groups in total. The number of nitrogens with one attached hydrogen (secondary N) is 1. The van der Waals surface area contributed by atoms with E-state index < -0.39 is 0 Å². The molecule has 1 rings (SSSR count). The fourth-order valence-electron chi connectivity index (χ4n) is 2.90. The average Bonchev–Trinajstić information content (AvgIpc) is 2.70. The predicted octanol–water partition coefficient (Wildman–Crippen LogP) is 3.39. The summed E-state index contributed by atoms with van der Waals surface area (Å²) < 4.78 is 0. The zero-order valence-corrected chi connectivity index (χ0v) is 10.8. The van der Waals surface area contributed by atoms with Gasteiger partial charge in [0, 0.05) is 6.04 Å². The summed E-state index contributed by atoms with van der Waals surface area (Å²) in [6.45, 7) is 6.11. The van der Waals surface area contributed by atoms with E-state index in [9.17, 15) is 0 Å². The number of allylic oxidation sites excluding steroid dienone is 1. The van der Waals surface area contributed by atoms with Crippen molar-refractivity contribution in [3.63, 3.8) is 0 Å². The van der Waals surface area contributed by atoms with Gasteiger partial charge in [0.25, 0.3) is 0 Å². The van der Waals surface area contributed by atoms with Crippen molar-refractivity contribution in [2.75, 3.05) is 0 Å². The lowest BCUT2D eigenvalue weighted by atomic mass is 9.93. The standard InChI is InChI=1S/C14H28N2/c1-3-4-5-6-7-8-14(16-15)13-10-9-12(2)11-13/h3,12-14,16H,1,4-11,15H2,2H3. The number of hydrogen-bond donors (Lipinski definition) is 2. The molecule has 0 heterocycles. The molecule has 0 spiro atoms. The maximum Gasteiger partial charge on any atom is 0.0238 e. The maximum atomic E-state index is 5.67. The van der Waals surface area contributed by atoms with Gasteiger partial charge in [0.2, 0.25) is 0 Å². The first-order valence-electron chi connectivity index (χ1n) is 6.85. The van der Waals surface area contributed by atoms with Gasteiger partial charge in [-0.1, -0.05) is 32.3 Å². The van der Waals surface area contributed by atoms with E-state index in [-0.39, 0.29) is 0 Å². The summed E-state index contributed by atoms with van der Waals surface area (Å²) in [6.07, 6.45) is 12.4. The van der Waals surface area contributed by atoms with E-state index in [4.69, 9.17) is 5.84 Å². The first-order valence-corrected chi connectivity index (χ1v) is 6.85. The van der Waals surface area contributed by atoms with E-state index in [1.165, 1.54) is 44.9 Å². The topological polar surface area (TPSA) is 38.0 Å². The molecule has 3 unspecified atom stereocenters. The highest BCUT2D eigenvalue weighted by Gasteiger charge is 2.27. The minimum Gasteiger partial charge on any atom is -0.271 e. The quantitative estimate of drug-likeness (QED) is 0.287. The third kappa shape index (κ3) is 4.67. The Morgan fingerprint density at radius 3 is 2.75 bits per heavy atom. The molecule has 0 aromatic heterocycles. The molecular formula is C14H28N2. The van der Waals surface area contributed by atoms with Crippen molar-refractivity contribution in [3.8, 4) is 0 Å². The Bertz CT molecular complexity index is 191. The first-order chi connectivity index (χ1) is 7.77. The van der Waals surface area contributed by atoms with Gasteiger partial charge < -0.3 is 0 Å². The zero-order valence-electron chi connectivity index (χ0n) is 10.8. The minimum absolute atomic E-state index is 0.550. The normalized spacial score (nSPS) is 26.9. The van der Waals surface area contributed by atoms with Crippen LogP contribution in [0.25, 0.3) is 0 Å². The molecule has 16 heavy (non-hydrogen) atoms. The Labute approximate surface area is 101 Å². The second-order valence-corrected chi connectivity index (χ2v) is 5.38. The van der Waals surface area contributed by atoms with E-state index in [1.807, 2.05) is 6.08 Å². The van der Waals surface area contributed by atoms with Crippen LogP contribution in [0.1, 0.15) is 58.3 Å². The highest BCUT2D eigenvalue weighted by atomic mass is 15.2. The largest absolute Gasteiger partial charge is 0.271 e. The van der Waals surface area contributed by atoms with E-state index >= 15 is 0 Å². The third-order valence-corrected chi connectivity index (χ3v) is 3.94. The highest BCUT2D eigenvalue weighted by Crippen LogP contribution is 2.33. The summed E-state index contributed by atoms with van der Waals surface area (Å²) in [7, 11) is 0. The average molecular weight is 224 g/mol. The molecule has 0 radical (unpaired) electrons. The number of nitrogens with two attached hydrogens (primary N) is 1. The van der Waals surface area contributed by atoms with Gasteiger partial charge in [0.1, 0.15) is 0 Å². The molecule has 3 atom stereocenters. The van der Waals surface area contributed by atoms with E-state index in [1.54, 1.807) is 0 Å². The van der Waals surface area contributed by atoms with Crippen LogP contribution in [-0.2, 0) is 0 Å². The van der Waals surface area contributed by atoms with Crippen LogP contribution in [0.5, 0.6) is 0 Å². The van der Waals surface area contributed by atoms with Gasteiger partial charge >= 0.3 is 0 Å². The molecule has 2 heteroatoms. The summed E-state index contributed by atoms with van der Waals surface area (Å²) in [5.41, 5.74) is 3.04. The molecule has 2 nitrogen and oxygen atoms in total. The lowest BCUT2D eigenvalue weighted by Crippen LogP contribution is -2.40. The molecular weight excluding hydrogens is 196 g/mol. The van der Waals surface area contributed by atoms with Crippen LogP contribution in [0.2, 0.25) is 0 Å². The van der Waals surface area contributed by atoms with E-state index in [0.29, 0.717) is 6.04 Å². The second kappa shape index (κ2) is 7.86. The van der Waals surface area contributed by atoms with Crippen molar-refractivity contribution in [2.45, 2.75) is 64.3 Å². The van der Waals surface area contributed by atoms with Gasteiger partial charge in [0.15, 0.2) is 0 Å². The molecule has 0 aromatic rings. The van der Waals surface area contributed by atoms with Gasteiger partial charge in [-0.05, 0) is 43.9 Å². The molecule has 1 aliphatic rings. The molecule has 94 valence electrons. The second-order valence-electron chi connectivity index (χ2n) is 5.38. The minimum atomic E-state index is 0.550. The molecule has 0 saturated heterocycles. The van der Waals surface area contributed by atoms with Gasteiger partial charge in [-0.3, -0.25) is 11.3 Å². The number of hydrogen-bond acceptors (Lipinski definition) is 2. The third-order valence-electron chi connectivity index (χ3n) is 3.94. The lowest BCUT2D eigenvalue weighted by molar-refractivity contribution is 0.328. The Morgan fingerprint density at radius 1 is 1.38 bits per heavy atom. The van der Waals surface area contributed by atoms with Crippen molar-refractivity contribution >= 4 is 0 Å². The first kappa shape index (κ1) is 13.7. The van der Waals surface area contributed by atoms with Crippen LogP contribution in [0.15, 0.2) is 12.7 Å². The van der Waals surface area contributed by atoms with Crippen molar-refractivity contribution in [2.24, 2.45) is 17.7 Å². The molecule has 0 amide bonds. The highest BCUT2D eigenvalue weighted by molar-refractivity contribution is 4.82. The lowest BCUT2D eigenvalue weighted by Gasteiger charge is -2.22. The zero-order chi connectivity index (χ0) is 11.8. The summed E-state index contributed by atoms with van der Waals surface area (Å²) in [5, 5.41) is 0. The Morgan fingerprint density at radius 2 is 2.19 bits per heavy atom. The van der Waals surface area contributed by atoms with Crippen LogP contribution in [0.4, 0.5) is 0 Å². The van der Waals surface area contributed by atoms with Crippen LogP contribution in [-0.4, -0.2) is 6.04 Å². The van der Waals surface area contributed by atoms with E-state index in [2.05, 4.69) is 18.9 Å². The fraction of sp³-hybridized carbons (Fsp3) is 0.857. The summed E-state index contributed by atoms with van der Waals surface area (Å²) in [4.78, 5) is 0. The molecule has 1 fully saturated rings. The monoisotopic (exact) mass is 224 g/mol. The van der Waals surface area contributed by atoms with Gasteiger partial charge in [0.05, 0.1) is 0 Å². The van der Waals surface area contributed by atoms with Crippen LogP contribution < -0.4 is 11.3 Å². The van der Waals surface area contributed by atoms with Crippen molar-refractivity contribution in [3.05, 3.63) is 12.7 Å². The van der Waals surface area contributed by atoms with E-state index in [0.717, 1.165) is 18.3 Å². The molecule has 0 bridgehead atoms. The molecule has 1 aliphatic carbocycles. The number of hydrazine groups is 1. The smallest absolute Gasteiger partial charge is 0.0238 e.